The number of nitrogens with one attached hydrogen (secondary N) is 1. The van der Waals surface area contributed by atoms with Crippen LogP contribution in [0.5, 0.6) is 0 Å². The minimum absolute atomic E-state index is 0.109. The molecule has 16 heavy (non-hydrogen) atoms. The Hall–Kier alpha value is -0.530. The average molecular weight is 219 g/mol. The molecule has 2 nitrogen and oxygen atoms in total. The summed E-state index contributed by atoms with van der Waals surface area (Å²) in [6.45, 7) is 0. The van der Waals surface area contributed by atoms with Crippen LogP contribution in [0.4, 0.5) is 0 Å². The van der Waals surface area contributed by atoms with E-state index in [1.807, 2.05) is 0 Å². The van der Waals surface area contributed by atoms with Gasteiger partial charge in [0.1, 0.15) is 0 Å². The second-order valence-electron chi connectivity index (χ2n) is 6.71. The van der Waals surface area contributed by atoms with Crippen molar-refractivity contribution in [2.24, 2.45) is 23.2 Å². The average Bonchev–Trinajstić information content (AvgIpc) is 2.99. The highest BCUT2D eigenvalue weighted by atomic mass is 16.2. The Morgan fingerprint density at radius 3 is 2.19 bits per heavy atom. The van der Waals surface area contributed by atoms with E-state index < -0.39 is 0 Å². The molecule has 0 aromatic heterocycles. The molecule has 5 aliphatic rings. The summed E-state index contributed by atoms with van der Waals surface area (Å²) in [7, 11) is 0. The second kappa shape index (κ2) is 3.02. The van der Waals surface area contributed by atoms with Crippen molar-refractivity contribution < 1.29 is 4.79 Å². The van der Waals surface area contributed by atoms with E-state index in [9.17, 15) is 4.79 Å². The lowest BCUT2D eigenvalue weighted by molar-refractivity contribution is -0.132. The van der Waals surface area contributed by atoms with Crippen LogP contribution in [-0.4, -0.2) is 11.9 Å². The summed E-state index contributed by atoms with van der Waals surface area (Å²) in [6.07, 6.45) is 10.2. The molecule has 5 aliphatic carbocycles. The third-order valence-electron chi connectivity index (χ3n) is 6.02. The van der Waals surface area contributed by atoms with Crippen molar-refractivity contribution in [3.63, 3.8) is 0 Å². The van der Waals surface area contributed by atoms with Crippen molar-refractivity contribution in [1.82, 2.24) is 5.32 Å². The maximum Gasteiger partial charge on any atom is 0.226 e. The Kier molecular flexibility index (Phi) is 1.79. The SMILES string of the molecule is O=C(NC1CCCC1)C12CC3CC1CC3C2. The predicted molar refractivity (Wildman–Crippen MR) is 61.8 cm³/mol. The fourth-order valence-electron chi connectivity index (χ4n) is 5.29. The first-order chi connectivity index (χ1) is 7.78. The van der Waals surface area contributed by atoms with Gasteiger partial charge in [-0.25, -0.2) is 0 Å². The molecule has 0 aromatic rings. The summed E-state index contributed by atoms with van der Waals surface area (Å²) in [4.78, 5) is 12.5. The van der Waals surface area contributed by atoms with E-state index in [1.54, 1.807) is 0 Å². The van der Waals surface area contributed by atoms with Crippen LogP contribution in [0.1, 0.15) is 51.4 Å². The second-order valence-corrected chi connectivity index (χ2v) is 6.71. The van der Waals surface area contributed by atoms with Crippen molar-refractivity contribution in [1.29, 1.82) is 0 Å². The zero-order chi connectivity index (χ0) is 10.8. The van der Waals surface area contributed by atoms with Crippen LogP contribution < -0.4 is 5.32 Å². The zero-order valence-corrected chi connectivity index (χ0v) is 9.87. The number of hydrogen-bond donors (Lipinski definition) is 1. The van der Waals surface area contributed by atoms with Crippen LogP contribution in [-0.2, 0) is 4.79 Å². The lowest BCUT2D eigenvalue weighted by atomic mass is 9.79. The molecule has 0 spiro atoms. The lowest BCUT2D eigenvalue weighted by Crippen LogP contribution is -2.44. The number of hydrogen-bond acceptors (Lipinski definition) is 1. The van der Waals surface area contributed by atoms with Crippen LogP contribution in [0.2, 0.25) is 0 Å². The van der Waals surface area contributed by atoms with Gasteiger partial charge in [-0.1, -0.05) is 12.8 Å². The molecule has 0 aliphatic heterocycles. The van der Waals surface area contributed by atoms with Gasteiger partial charge in [0.15, 0.2) is 0 Å². The molecule has 0 heterocycles. The van der Waals surface area contributed by atoms with Crippen LogP contribution in [0.15, 0.2) is 0 Å². The van der Waals surface area contributed by atoms with Crippen molar-refractivity contribution in [2.45, 2.75) is 57.4 Å². The topological polar surface area (TPSA) is 29.1 Å². The Labute approximate surface area is 97.2 Å². The molecule has 2 unspecified atom stereocenters. The molecule has 4 bridgehead atoms. The normalized spacial score (nSPS) is 49.4. The molecule has 0 saturated heterocycles. The summed E-state index contributed by atoms with van der Waals surface area (Å²) in [5, 5.41) is 3.36. The summed E-state index contributed by atoms with van der Waals surface area (Å²) in [5.74, 6) is 3.02. The Morgan fingerprint density at radius 1 is 1.06 bits per heavy atom. The third-order valence-corrected chi connectivity index (χ3v) is 6.02. The number of rotatable bonds is 2. The van der Waals surface area contributed by atoms with E-state index in [1.165, 1.54) is 51.4 Å². The monoisotopic (exact) mass is 219 g/mol. The van der Waals surface area contributed by atoms with E-state index in [4.69, 9.17) is 0 Å². The fourth-order valence-corrected chi connectivity index (χ4v) is 5.29. The van der Waals surface area contributed by atoms with Crippen molar-refractivity contribution >= 4 is 5.91 Å². The van der Waals surface area contributed by atoms with Crippen molar-refractivity contribution in [3.8, 4) is 0 Å². The summed E-state index contributed by atoms with van der Waals surface area (Å²) in [6, 6.07) is 0.513. The summed E-state index contributed by atoms with van der Waals surface area (Å²) >= 11 is 0. The molecular weight excluding hydrogens is 198 g/mol. The highest BCUT2D eigenvalue weighted by Crippen LogP contribution is 2.70. The maximum atomic E-state index is 12.5. The number of carbonyl (C=O) groups is 1. The van der Waals surface area contributed by atoms with Crippen LogP contribution in [0.3, 0.4) is 0 Å². The van der Waals surface area contributed by atoms with Gasteiger partial charge < -0.3 is 5.32 Å². The van der Waals surface area contributed by atoms with Gasteiger partial charge in [-0.15, -0.1) is 0 Å². The lowest BCUT2D eigenvalue weighted by Gasteiger charge is -2.29. The van der Waals surface area contributed by atoms with Gasteiger partial charge in [0.25, 0.3) is 0 Å². The third kappa shape index (κ3) is 1.06. The van der Waals surface area contributed by atoms with Crippen LogP contribution >= 0.6 is 0 Å². The quantitative estimate of drug-likeness (QED) is 0.759. The van der Waals surface area contributed by atoms with Gasteiger partial charge in [-0.05, 0) is 56.3 Å². The molecule has 1 N–H and O–H groups in total. The standard InChI is InChI=1S/C14H21NO/c16-13(15-12-3-1-2-4-12)14-7-9-5-11(14)6-10(9)8-14/h9-12H,1-8H2,(H,15,16). The van der Waals surface area contributed by atoms with Gasteiger partial charge in [-0.2, -0.15) is 0 Å². The molecule has 0 aromatic carbocycles. The van der Waals surface area contributed by atoms with E-state index in [2.05, 4.69) is 5.32 Å². The van der Waals surface area contributed by atoms with Gasteiger partial charge in [0.2, 0.25) is 5.91 Å². The first kappa shape index (κ1) is 9.49. The highest BCUT2D eigenvalue weighted by molar-refractivity contribution is 5.84. The summed E-state index contributed by atoms with van der Waals surface area (Å²) < 4.78 is 0. The first-order valence-electron chi connectivity index (χ1n) is 7.09. The largest absolute Gasteiger partial charge is 0.353 e. The first-order valence-corrected chi connectivity index (χ1v) is 7.09. The van der Waals surface area contributed by atoms with Gasteiger partial charge >= 0.3 is 0 Å². The molecule has 0 radical (unpaired) electrons. The molecule has 5 rings (SSSR count). The maximum absolute atomic E-state index is 12.5. The molecular formula is C14H21NO. The minimum Gasteiger partial charge on any atom is -0.353 e. The molecule has 5 fully saturated rings. The minimum atomic E-state index is 0.109. The smallest absolute Gasteiger partial charge is 0.226 e. The summed E-state index contributed by atoms with van der Waals surface area (Å²) in [5.41, 5.74) is 0.109. The molecule has 1 amide bonds. The van der Waals surface area contributed by atoms with Gasteiger partial charge in [0.05, 0.1) is 5.41 Å². The van der Waals surface area contributed by atoms with Crippen molar-refractivity contribution in [2.75, 3.05) is 0 Å². The molecule has 2 atom stereocenters. The van der Waals surface area contributed by atoms with Gasteiger partial charge in [0, 0.05) is 6.04 Å². The van der Waals surface area contributed by atoms with E-state index >= 15 is 0 Å². The van der Waals surface area contributed by atoms with Crippen LogP contribution in [0, 0.1) is 23.2 Å². The zero-order valence-electron chi connectivity index (χ0n) is 9.87. The van der Waals surface area contributed by atoms with E-state index in [0.29, 0.717) is 11.9 Å². The van der Waals surface area contributed by atoms with E-state index in [-0.39, 0.29) is 5.41 Å². The number of carbonyl (C=O) groups excluding carboxylic acids is 1. The molecule has 5 saturated carbocycles. The predicted octanol–water partition coefficient (Wildman–Crippen LogP) is 2.48. The van der Waals surface area contributed by atoms with Crippen molar-refractivity contribution in [3.05, 3.63) is 0 Å². The number of amides is 1. The Morgan fingerprint density at radius 2 is 1.69 bits per heavy atom. The van der Waals surface area contributed by atoms with Crippen LogP contribution in [0.25, 0.3) is 0 Å². The molecule has 88 valence electrons. The Balaban J connectivity index is 1.51. The molecule has 2 heteroatoms. The Bertz CT molecular complexity index is 318. The highest BCUT2D eigenvalue weighted by Gasteiger charge is 2.66. The van der Waals surface area contributed by atoms with Gasteiger partial charge in [-0.3, -0.25) is 4.79 Å². The fraction of sp³-hybridized carbons (Fsp3) is 0.929. The van der Waals surface area contributed by atoms with E-state index in [0.717, 1.165) is 17.8 Å².